The summed E-state index contributed by atoms with van der Waals surface area (Å²) in [6, 6.07) is 18.1. The number of rotatable bonds is 9. The number of amides is 2. The number of hydrogen-bond donors (Lipinski definition) is 4. The lowest BCUT2D eigenvalue weighted by molar-refractivity contribution is 0.0293. The van der Waals surface area contributed by atoms with Gasteiger partial charge in [0.25, 0.3) is 5.91 Å². The average Bonchev–Trinajstić information content (AvgIpc) is 3.88. The van der Waals surface area contributed by atoms with Crippen LogP contribution in [0.2, 0.25) is 5.02 Å². The van der Waals surface area contributed by atoms with Crippen LogP contribution in [0.25, 0.3) is 10.8 Å². The maximum Gasteiger partial charge on any atom is 0.410 e. The number of fused-ring (bicyclic) bond motifs is 1. The molecular weight excluding hydrogens is 710 g/mol. The Labute approximate surface area is 319 Å². The van der Waals surface area contributed by atoms with Gasteiger partial charge in [0.05, 0.1) is 21.3 Å². The highest BCUT2D eigenvalue weighted by Crippen LogP contribution is 2.30. The lowest BCUT2D eigenvalue weighted by atomic mass is 10.1. The fourth-order valence-corrected chi connectivity index (χ4v) is 7.65. The van der Waals surface area contributed by atoms with Crippen LogP contribution in [0.1, 0.15) is 53.7 Å². The molecule has 2 fully saturated rings. The molecule has 6 heterocycles. The number of aromatic nitrogens is 3. The van der Waals surface area contributed by atoms with Crippen molar-refractivity contribution in [2.45, 2.75) is 64.4 Å². The number of thiophene rings is 1. The molecular formula is C39H46ClN9O3S. The number of nitrogens with one attached hydrogen (secondary N) is 3. The highest BCUT2D eigenvalue weighted by Gasteiger charge is 2.30. The molecule has 5 N–H and O–H groups in total. The highest BCUT2D eigenvalue weighted by molar-refractivity contribution is 7.14. The molecule has 4 aromatic heterocycles. The second kappa shape index (κ2) is 17.2. The maximum atomic E-state index is 12.8. The highest BCUT2D eigenvalue weighted by atomic mass is 35.5. The first-order chi connectivity index (χ1) is 25.5. The van der Waals surface area contributed by atoms with Gasteiger partial charge >= 0.3 is 6.09 Å². The largest absolute Gasteiger partial charge is 0.444 e. The van der Waals surface area contributed by atoms with Crippen molar-refractivity contribution in [2.24, 2.45) is 0 Å². The molecule has 0 bridgehead atoms. The molecule has 2 aliphatic heterocycles. The lowest BCUT2D eigenvalue weighted by Crippen LogP contribution is -2.36. The van der Waals surface area contributed by atoms with Crippen molar-refractivity contribution in [3.8, 4) is 0 Å². The van der Waals surface area contributed by atoms with E-state index in [0.29, 0.717) is 34.8 Å². The summed E-state index contributed by atoms with van der Waals surface area (Å²) < 4.78 is 5.37. The molecule has 0 radical (unpaired) electrons. The van der Waals surface area contributed by atoms with E-state index in [4.69, 9.17) is 22.1 Å². The fourth-order valence-electron chi connectivity index (χ4n) is 6.29. The number of nitrogen functional groups attached to an aromatic ring is 1. The van der Waals surface area contributed by atoms with Crippen LogP contribution in [0.15, 0.2) is 85.6 Å². The van der Waals surface area contributed by atoms with Crippen molar-refractivity contribution in [3.05, 3.63) is 106 Å². The Morgan fingerprint density at radius 3 is 2.32 bits per heavy atom. The number of carbonyl (C=O) groups excluding carboxylic acids is 2. The normalized spacial score (nSPS) is 17.2. The van der Waals surface area contributed by atoms with Gasteiger partial charge < -0.3 is 31.3 Å². The molecule has 1 aromatic carbocycles. The predicted octanol–water partition coefficient (Wildman–Crippen LogP) is 7.05. The van der Waals surface area contributed by atoms with Crippen LogP contribution in [0, 0.1) is 0 Å². The number of ether oxygens (including phenoxy) is 1. The van der Waals surface area contributed by atoms with Gasteiger partial charge in [-0.25, -0.2) is 9.78 Å². The van der Waals surface area contributed by atoms with Crippen molar-refractivity contribution >= 4 is 62.9 Å². The Balaban J connectivity index is 0.000000214. The Kier molecular flexibility index (Phi) is 12.3. The van der Waals surface area contributed by atoms with E-state index < -0.39 is 5.60 Å². The zero-order chi connectivity index (χ0) is 37.4. The fraction of sp³-hybridized carbons (Fsp3) is 0.359. The van der Waals surface area contributed by atoms with Gasteiger partial charge in [-0.15, -0.1) is 11.3 Å². The summed E-state index contributed by atoms with van der Waals surface area (Å²) in [5.41, 5.74) is 8.50. The molecule has 2 aliphatic rings. The zero-order valence-corrected chi connectivity index (χ0v) is 31.8. The Bertz CT molecular complexity index is 1990. The number of nitrogens with two attached hydrogens (primary N) is 1. The van der Waals surface area contributed by atoms with Gasteiger partial charge in [0, 0.05) is 92.6 Å². The van der Waals surface area contributed by atoms with Gasteiger partial charge in [0.2, 0.25) is 0 Å². The van der Waals surface area contributed by atoms with Gasteiger partial charge in [0.15, 0.2) is 0 Å². The Hall–Kier alpha value is -4.98. The summed E-state index contributed by atoms with van der Waals surface area (Å²) in [7, 11) is 0. The Morgan fingerprint density at radius 2 is 1.64 bits per heavy atom. The van der Waals surface area contributed by atoms with Gasteiger partial charge in [-0.2, -0.15) is 0 Å². The van der Waals surface area contributed by atoms with Crippen LogP contribution >= 0.6 is 22.9 Å². The second-order valence-electron chi connectivity index (χ2n) is 14.2. The first-order valence-corrected chi connectivity index (χ1v) is 18.9. The number of hydrogen-bond acceptors (Lipinski definition) is 11. The number of halogens is 1. The molecule has 5 aromatic rings. The van der Waals surface area contributed by atoms with Gasteiger partial charge in [-0.05, 0) is 87.0 Å². The number of anilines is 3. The van der Waals surface area contributed by atoms with Crippen LogP contribution in [0.3, 0.4) is 0 Å². The summed E-state index contributed by atoms with van der Waals surface area (Å²) >= 11 is 7.95. The standard InChI is InChI=1S/C25H25ClN6OS.C14H21N3O2/c26-21-11-22(25(33)30-12-16-3-4-20-17(10-16)5-8-29-24(20)27)34-23(21)15-32-9-6-19(14-32)31-18-2-1-7-28-13-18;1-14(2,3)19-13(18)17-8-6-12(10-17)16-11-5-4-7-15-9-11/h1-5,7-8,10-11,13,19,31H,6,9,12,14-15H2,(H2,27,29)(H,30,33);4-5,7,9,12,16H,6,8,10H2,1-3H3/t19-;12-/m11/s1. The van der Waals surface area contributed by atoms with Gasteiger partial charge in [0.1, 0.15) is 11.4 Å². The number of pyridine rings is 3. The lowest BCUT2D eigenvalue weighted by Gasteiger charge is -2.24. The zero-order valence-electron chi connectivity index (χ0n) is 30.2. The minimum absolute atomic E-state index is 0.120. The van der Waals surface area contributed by atoms with E-state index in [-0.39, 0.29) is 18.0 Å². The van der Waals surface area contributed by atoms with Crippen LogP contribution in [-0.2, 0) is 17.8 Å². The molecule has 0 unspecified atom stereocenters. The van der Waals surface area contributed by atoms with Crippen molar-refractivity contribution in [1.29, 1.82) is 0 Å². The quantitative estimate of drug-likeness (QED) is 0.123. The predicted molar refractivity (Wildman–Crippen MR) is 212 cm³/mol. The van der Waals surface area contributed by atoms with Crippen molar-refractivity contribution < 1.29 is 14.3 Å². The summed E-state index contributed by atoms with van der Waals surface area (Å²) in [5.74, 6) is 0.385. The summed E-state index contributed by atoms with van der Waals surface area (Å²) in [5, 5.41) is 12.5. The minimum atomic E-state index is -0.439. The second-order valence-corrected chi connectivity index (χ2v) is 15.8. The van der Waals surface area contributed by atoms with E-state index in [9.17, 15) is 9.59 Å². The van der Waals surface area contributed by atoms with Crippen molar-refractivity contribution in [2.75, 3.05) is 42.5 Å². The van der Waals surface area contributed by atoms with Gasteiger partial charge in [-0.1, -0.05) is 23.7 Å². The van der Waals surface area contributed by atoms with E-state index in [1.165, 1.54) is 11.3 Å². The summed E-state index contributed by atoms with van der Waals surface area (Å²) in [6.07, 6.45) is 10.6. The molecule has 2 saturated heterocycles. The monoisotopic (exact) mass is 755 g/mol. The molecule has 0 spiro atoms. The van der Waals surface area contributed by atoms with Gasteiger partial charge in [-0.3, -0.25) is 19.7 Å². The molecule has 2 atom stereocenters. The first kappa shape index (κ1) is 37.8. The van der Waals surface area contributed by atoms with Crippen LogP contribution in [0.4, 0.5) is 22.0 Å². The topological polar surface area (TPSA) is 151 Å². The molecule has 12 nitrogen and oxygen atoms in total. The molecule has 278 valence electrons. The van der Waals surface area contributed by atoms with Crippen molar-refractivity contribution in [3.63, 3.8) is 0 Å². The van der Waals surface area contributed by atoms with E-state index >= 15 is 0 Å². The average molecular weight is 756 g/mol. The molecule has 0 aliphatic carbocycles. The molecule has 53 heavy (non-hydrogen) atoms. The van der Waals surface area contributed by atoms with Crippen LogP contribution in [-0.4, -0.2) is 80.6 Å². The molecule has 2 amide bonds. The Morgan fingerprint density at radius 1 is 0.943 bits per heavy atom. The van der Waals surface area contributed by atoms with E-state index in [1.54, 1.807) is 35.8 Å². The summed E-state index contributed by atoms with van der Waals surface area (Å²) in [6.45, 7) is 10.1. The number of benzene rings is 1. The number of nitrogens with zero attached hydrogens (tertiary/aromatic N) is 5. The summed E-state index contributed by atoms with van der Waals surface area (Å²) in [4.78, 5) is 42.8. The van der Waals surface area contributed by atoms with E-state index in [0.717, 1.165) is 71.6 Å². The number of carbonyl (C=O) groups is 2. The van der Waals surface area contributed by atoms with Crippen molar-refractivity contribution in [1.82, 2.24) is 30.1 Å². The smallest absolute Gasteiger partial charge is 0.410 e. The molecule has 14 heteroatoms. The SMILES string of the molecule is CC(C)(C)OC(=O)N1CC[C@@H](Nc2cccnc2)C1.Nc1nccc2cc(CNC(=O)c3cc(Cl)c(CN4CC[C@@H](Nc5cccnc5)C4)s3)ccc12. The van der Waals surface area contributed by atoms with E-state index in [1.807, 2.05) is 75.5 Å². The van der Waals surface area contributed by atoms with Crippen LogP contribution in [0.5, 0.6) is 0 Å². The maximum absolute atomic E-state index is 12.8. The molecule has 0 saturated carbocycles. The third-order valence-electron chi connectivity index (χ3n) is 8.84. The van der Waals surface area contributed by atoms with E-state index in [2.05, 4.69) is 35.8 Å². The first-order valence-electron chi connectivity index (χ1n) is 17.7. The van der Waals surface area contributed by atoms with Crippen LogP contribution < -0.4 is 21.7 Å². The third-order valence-corrected chi connectivity index (χ3v) is 10.4. The minimum Gasteiger partial charge on any atom is -0.444 e. The molecule has 7 rings (SSSR count). The number of likely N-dealkylation sites (tertiary alicyclic amines) is 2. The third kappa shape index (κ3) is 10.8.